The monoisotopic (exact) mass is 346 g/mol. The standard InChI is InChI=1S/C18H22N4O3/c1-21-15-10-12(11-6-8-19-9-7-11)2-3-13(15)22(18(21)25)14-4-5-16(23)20-17(14)24/h2-3,10-11,14,19H,4-9H2,1H3,(H,20,23,24)/i8D2,9D2. The lowest BCUT2D eigenvalue weighted by atomic mass is 9.90. The van der Waals surface area contributed by atoms with Crippen molar-refractivity contribution in [1.29, 1.82) is 0 Å². The van der Waals surface area contributed by atoms with Crippen molar-refractivity contribution in [3.8, 4) is 0 Å². The van der Waals surface area contributed by atoms with E-state index in [1.54, 1.807) is 25.2 Å². The van der Waals surface area contributed by atoms with Crippen LogP contribution in [0, 0.1) is 0 Å². The SMILES string of the molecule is [2H]C1([2H])CC(c2ccc3c(c2)n(C)c(=O)n3C2CCC(=O)NC2=O)CC([2H])([2H])N1. The number of aryl methyl sites for hydroxylation is 1. The Labute approximate surface area is 150 Å². The molecule has 1 unspecified atom stereocenters. The second-order valence-corrected chi connectivity index (χ2v) is 6.51. The zero-order valence-corrected chi connectivity index (χ0v) is 13.8. The average molecular weight is 346 g/mol. The molecule has 0 radical (unpaired) electrons. The van der Waals surface area contributed by atoms with E-state index in [9.17, 15) is 14.4 Å². The first-order valence-electron chi connectivity index (χ1n) is 10.3. The number of benzene rings is 1. The maximum atomic E-state index is 12.8. The van der Waals surface area contributed by atoms with Crippen LogP contribution in [-0.2, 0) is 16.6 Å². The predicted molar refractivity (Wildman–Crippen MR) is 93.4 cm³/mol. The van der Waals surface area contributed by atoms with Crippen LogP contribution in [0.2, 0.25) is 0 Å². The van der Waals surface area contributed by atoms with Gasteiger partial charge in [-0.05, 0) is 55.9 Å². The normalized spacial score (nSPS) is 28.8. The number of nitrogens with zero attached hydrogens (tertiary/aromatic N) is 2. The van der Waals surface area contributed by atoms with E-state index in [2.05, 4.69) is 10.6 Å². The van der Waals surface area contributed by atoms with Crippen molar-refractivity contribution in [1.82, 2.24) is 19.8 Å². The lowest BCUT2D eigenvalue weighted by Crippen LogP contribution is -2.44. The number of carbonyl (C=O) groups is 2. The summed E-state index contributed by atoms with van der Waals surface area (Å²) in [7, 11) is 1.60. The van der Waals surface area contributed by atoms with E-state index in [0.717, 1.165) is 5.56 Å². The molecule has 2 fully saturated rings. The van der Waals surface area contributed by atoms with E-state index in [1.807, 2.05) is 0 Å². The van der Waals surface area contributed by atoms with Crippen molar-refractivity contribution in [2.24, 2.45) is 7.05 Å². The van der Waals surface area contributed by atoms with Gasteiger partial charge in [-0.2, -0.15) is 0 Å². The molecule has 0 aliphatic carbocycles. The van der Waals surface area contributed by atoms with E-state index in [1.165, 1.54) is 9.13 Å². The molecule has 4 rings (SSSR count). The zero-order valence-electron chi connectivity index (χ0n) is 17.8. The van der Waals surface area contributed by atoms with Crippen LogP contribution in [0.1, 0.15) is 48.7 Å². The van der Waals surface area contributed by atoms with Gasteiger partial charge in [0, 0.05) is 19.0 Å². The fraction of sp³-hybridized carbons (Fsp3) is 0.500. The van der Waals surface area contributed by atoms with Crippen LogP contribution in [0.25, 0.3) is 11.0 Å². The molecule has 7 nitrogen and oxygen atoms in total. The van der Waals surface area contributed by atoms with Gasteiger partial charge in [0.1, 0.15) is 6.04 Å². The molecule has 2 amide bonds. The number of amides is 2. The highest BCUT2D eigenvalue weighted by Gasteiger charge is 2.31. The maximum Gasteiger partial charge on any atom is 0.329 e. The van der Waals surface area contributed by atoms with Gasteiger partial charge in [-0.1, -0.05) is 6.07 Å². The lowest BCUT2D eigenvalue weighted by molar-refractivity contribution is -0.135. The number of aromatic nitrogens is 2. The van der Waals surface area contributed by atoms with E-state index < -0.39 is 24.9 Å². The van der Waals surface area contributed by atoms with Crippen LogP contribution in [0.4, 0.5) is 0 Å². The van der Waals surface area contributed by atoms with Gasteiger partial charge in [0.05, 0.1) is 11.0 Å². The van der Waals surface area contributed by atoms with Gasteiger partial charge in [0.15, 0.2) is 0 Å². The number of hydrogen-bond acceptors (Lipinski definition) is 4. The molecule has 2 aliphatic heterocycles. The van der Waals surface area contributed by atoms with E-state index in [0.29, 0.717) is 11.0 Å². The van der Waals surface area contributed by atoms with Gasteiger partial charge < -0.3 is 5.32 Å². The molecule has 7 heteroatoms. The molecule has 1 aromatic heterocycles. The van der Waals surface area contributed by atoms with Crippen molar-refractivity contribution in [2.75, 3.05) is 13.0 Å². The van der Waals surface area contributed by atoms with Gasteiger partial charge in [-0.15, -0.1) is 0 Å². The van der Waals surface area contributed by atoms with Crippen molar-refractivity contribution in [3.63, 3.8) is 0 Å². The molecule has 2 saturated heterocycles. The minimum atomic E-state index is -1.84. The molecule has 2 aliphatic rings. The summed E-state index contributed by atoms with van der Waals surface area (Å²) in [5.74, 6) is -1.21. The first-order valence-corrected chi connectivity index (χ1v) is 8.31. The third-order valence-corrected chi connectivity index (χ3v) is 4.98. The number of piperidine rings is 2. The molecule has 3 heterocycles. The van der Waals surface area contributed by atoms with Crippen LogP contribution >= 0.6 is 0 Å². The smallest absolute Gasteiger partial charge is 0.317 e. The largest absolute Gasteiger partial charge is 0.329 e. The maximum absolute atomic E-state index is 12.8. The Morgan fingerprint density at radius 2 is 1.88 bits per heavy atom. The van der Waals surface area contributed by atoms with Crippen LogP contribution < -0.4 is 16.3 Å². The Kier molecular flexibility index (Phi) is 2.96. The molecule has 25 heavy (non-hydrogen) atoms. The molecule has 2 aromatic rings. The lowest BCUT2D eigenvalue weighted by Gasteiger charge is -2.23. The molecular weight excluding hydrogens is 320 g/mol. The van der Waals surface area contributed by atoms with E-state index in [-0.39, 0.29) is 43.2 Å². The van der Waals surface area contributed by atoms with E-state index in [4.69, 9.17) is 5.48 Å². The molecule has 2 N–H and O–H groups in total. The summed E-state index contributed by atoms with van der Waals surface area (Å²) in [5.41, 5.74) is 1.50. The molecule has 0 saturated carbocycles. The van der Waals surface area contributed by atoms with Crippen molar-refractivity contribution in [2.45, 2.75) is 37.6 Å². The highest BCUT2D eigenvalue weighted by atomic mass is 16.2. The highest BCUT2D eigenvalue weighted by Crippen LogP contribution is 2.29. The summed E-state index contributed by atoms with van der Waals surface area (Å²) in [4.78, 5) is 36.6. The van der Waals surface area contributed by atoms with Crippen LogP contribution in [0.5, 0.6) is 0 Å². The number of rotatable bonds is 2. The number of carbonyl (C=O) groups excluding carboxylic acids is 2. The topological polar surface area (TPSA) is 85.1 Å². The summed E-state index contributed by atoms with van der Waals surface area (Å²) in [6, 6.07) is 4.47. The number of nitrogens with one attached hydrogen (secondary N) is 2. The first-order chi connectivity index (χ1) is 13.5. The number of hydrogen-bond donors (Lipinski definition) is 2. The number of imidazole rings is 1. The minimum Gasteiger partial charge on any atom is -0.317 e. The van der Waals surface area contributed by atoms with Crippen LogP contribution in [-0.4, -0.2) is 33.9 Å². The van der Waals surface area contributed by atoms with Crippen LogP contribution in [0.3, 0.4) is 0 Å². The number of fused-ring (bicyclic) bond motifs is 1. The molecule has 1 aromatic carbocycles. The Bertz CT molecular complexity index is 1060. The van der Waals surface area contributed by atoms with Crippen molar-refractivity contribution in [3.05, 3.63) is 34.2 Å². The summed E-state index contributed by atoms with van der Waals surface area (Å²) in [6.07, 6.45) is 0.635. The fourth-order valence-electron chi connectivity index (χ4n) is 3.58. The first kappa shape index (κ1) is 12.0. The van der Waals surface area contributed by atoms with E-state index >= 15 is 0 Å². The molecule has 1 atom stereocenters. The number of imide groups is 1. The highest BCUT2D eigenvalue weighted by molar-refractivity contribution is 6.00. The Morgan fingerprint density at radius 3 is 2.60 bits per heavy atom. The quantitative estimate of drug-likeness (QED) is 0.787. The fourth-order valence-corrected chi connectivity index (χ4v) is 3.58. The summed E-state index contributed by atoms with van der Waals surface area (Å²) in [5, 5.41) is 4.65. The molecular formula is C18H22N4O3. The minimum absolute atomic E-state index is 0.111. The summed E-state index contributed by atoms with van der Waals surface area (Å²) in [6.45, 7) is -3.68. The third kappa shape index (κ3) is 2.68. The summed E-state index contributed by atoms with van der Waals surface area (Å²) < 4.78 is 34.7. The average Bonchev–Trinajstić information content (AvgIpc) is 2.83. The van der Waals surface area contributed by atoms with Crippen molar-refractivity contribution < 1.29 is 15.1 Å². The predicted octanol–water partition coefficient (Wildman–Crippen LogP) is 0.785. The third-order valence-electron chi connectivity index (χ3n) is 4.98. The van der Waals surface area contributed by atoms with Gasteiger partial charge in [-0.3, -0.25) is 24.0 Å². The molecule has 0 spiro atoms. The van der Waals surface area contributed by atoms with Gasteiger partial charge in [0.25, 0.3) is 0 Å². The second kappa shape index (κ2) is 6.15. The van der Waals surface area contributed by atoms with Crippen molar-refractivity contribution >= 4 is 22.8 Å². The zero-order chi connectivity index (χ0) is 21.1. The Morgan fingerprint density at radius 1 is 1.12 bits per heavy atom. The molecule has 132 valence electrons. The van der Waals surface area contributed by atoms with Gasteiger partial charge >= 0.3 is 5.69 Å². The second-order valence-electron chi connectivity index (χ2n) is 6.51. The Hall–Kier alpha value is -2.41. The van der Waals surface area contributed by atoms with Crippen LogP contribution in [0.15, 0.2) is 23.0 Å². The molecule has 0 bridgehead atoms. The van der Waals surface area contributed by atoms with Gasteiger partial charge in [0.2, 0.25) is 11.8 Å². The Balaban J connectivity index is 1.76. The van der Waals surface area contributed by atoms with Gasteiger partial charge in [-0.25, -0.2) is 4.79 Å². The summed E-state index contributed by atoms with van der Waals surface area (Å²) >= 11 is 0.